The molecular formula is C22H28N4O2. The van der Waals surface area contributed by atoms with Crippen molar-refractivity contribution in [2.75, 3.05) is 26.2 Å². The van der Waals surface area contributed by atoms with Crippen LogP contribution >= 0.6 is 0 Å². The molecule has 0 unspecified atom stereocenters. The van der Waals surface area contributed by atoms with E-state index in [-0.39, 0.29) is 11.7 Å². The van der Waals surface area contributed by atoms with Crippen LogP contribution in [0, 0.1) is 0 Å². The van der Waals surface area contributed by atoms with Crippen LogP contribution in [0.5, 0.6) is 0 Å². The van der Waals surface area contributed by atoms with E-state index in [1.807, 2.05) is 38.1 Å². The summed E-state index contributed by atoms with van der Waals surface area (Å²) in [4.78, 5) is 20.7. The Bertz CT molecular complexity index is 968. The van der Waals surface area contributed by atoms with Gasteiger partial charge < -0.3 is 10.1 Å². The smallest absolute Gasteiger partial charge is 0.266 e. The number of hydrogen-bond acceptors (Lipinski definition) is 5. The standard InChI is InChI=1S/C22H28N4O2/c1-16(2)28-20-10-6-5-9-19(20)26-21(15-25-13-11-23-12-14-25)24-18-8-4-3-7-17(18)22(26)27/h3-4,7-10,16,23H,5-6,11-15H2,1-2H3. The van der Waals surface area contributed by atoms with Gasteiger partial charge in [0, 0.05) is 26.2 Å². The van der Waals surface area contributed by atoms with Gasteiger partial charge in [-0.1, -0.05) is 18.2 Å². The minimum atomic E-state index is -0.0258. The molecule has 4 rings (SSSR count). The highest BCUT2D eigenvalue weighted by molar-refractivity contribution is 5.79. The minimum Gasteiger partial charge on any atom is -0.489 e. The van der Waals surface area contributed by atoms with Gasteiger partial charge in [-0.3, -0.25) is 14.3 Å². The number of nitrogens with zero attached hydrogens (tertiary/aromatic N) is 3. The van der Waals surface area contributed by atoms with E-state index in [2.05, 4.69) is 22.4 Å². The molecule has 6 nitrogen and oxygen atoms in total. The zero-order chi connectivity index (χ0) is 19.5. The van der Waals surface area contributed by atoms with Crippen molar-refractivity contribution in [2.45, 2.75) is 39.3 Å². The number of allylic oxidation sites excluding steroid dienone is 3. The predicted molar refractivity (Wildman–Crippen MR) is 112 cm³/mol. The van der Waals surface area contributed by atoms with Crippen LogP contribution in [0.3, 0.4) is 0 Å². The molecule has 1 saturated heterocycles. The van der Waals surface area contributed by atoms with Crippen LogP contribution in [0.15, 0.2) is 47.0 Å². The molecule has 1 aliphatic carbocycles. The predicted octanol–water partition coefficient (Wildman–Crippen LogP) is 2.75. The number of rotatable bonds is 5. The average Bonchev–Trinajstić information content (AvgIpc) is 2.70. The van der Waals surface area contributed by atoms with Crippen LogP contribution in [-0.4, -0.2) is 46.7 Å². The SMILES string of the molecule is CC(C)OC1=CCCC=C1n1c(CN2CCNCC2)nc2ccccc2c1=O. The molecule has 0 radical (unpaired) electrons. The van der Waals surface area contributed by atoms with Gasteiger partial charge in [0.25, 0.3) is 5.56 Å². The van der Waals surface area contributed by atoms with E-state index in [0.29, 0.717) is 11.9 Å². The number of benzene rings is 1. The second-order valence-corrected chi connectivity index (χ2v) is 7.61. The molecule has 1 aromatic heterocycles. The van der Waals surface area contributed by atoms with E-state index in [1.165, 1.54) is 0 Å². The molecule has 0 bridgehead atoms. The van der Waals surface area contributed by atoms with Crippen LogP contribution < -0.4 is 10.9 Å². The van der Waals surface area contributed by atoms with E-state index in [0.717, 1.165) is 61.8 Å². The summed E-state index contributed by atoms with van der Waals surface area (Å²) in [6.07, 6.45) is 6.07. The monoisotopic (exact) mass is 380 g/mol. The summed E-state index contributed by atoms with van der Waals surface area (Å²) < 4.78 is 7.83. The number of fused-ring (bicyclic) bond motifs is 1. The quantitative estimate of drug-likeness (QED) is 0.864. The number of piperazine rings is 1. The fourth-order valence-corrected chi connectivity index (χ4v) is 3.81. The largest absolute Gasteiger partial charge is 0.489 e. The lowest BCUT2D eigenvalue weighted by molar-refractivity contribution is 0.157. The maximum Gasteiger partial charge on any atom is 0.266 e. The van der Waals surface area contributed by atoms with Gasteiger partial charge in [-0.25, -0.2) is 4.98 Å². The highest BCUT2D eigenvalue weighted by Crippen LogP contribution is 2.26. The van der Waals surface area contributed by atoms with E-state index in [1.54, 1.807) is 4.57 Å². The Hall–Kier alpha value is -2.44. The Morgan fingerprint density at radius 1 is 1.14 bits per heavy atom. The summed E-state index contributed by atoms with van der Waals surface area (Å²) in [7, 11) is 0. The first-order valence-electron chi connectivity index (χ1n) is 10.1. The molecule has 0 saturated carbocycles. The first-order chi connectivity index (χ1) is 13.6. The molecule has 1 fully saturated rings. The molecular weight excluding hydrogens is 352 g/mol. The molecule has 0 spiro atoms. The van der Waals surface area contributed by atoms with Crippen LogP contribution in [0.2, 0.25) is 0 Å². The van der Waals surface area contributed by atoms with Crippen LogP contribution in [0.4, 0.5) is 0 Å². The molecule has 2 aliphatic rings. The van der Waals surface area contributed by atoms with Crippen LogP contribution in [0.25, 0.3) is 16.6 Å². The summed E-state index contributed by atoms with van der Waals surface area (Å²) in [5, 5.41) is 4.02. The van der Waals surface area contributed by atoms with Crippen molar-refractivity contribution in [2.24, 2.45) is 0 Å². The van der Waals surface area contributed by atoms with Crippen molar-refractivity contribution in [3.63, 3.8) is 0 Å². The summed E-state index contributed by atoms with van der Waals surface area (Å²) in [5.74, 6) is 1.55. The lowest BCUT2D eigenvalue weighted by atomic mass is 10.1. The lowest BCUT2D eigenvalue weighted by Gasteiger charge is -2.29. The van der Waals surface area contributed by atoms with Crippen molar-refractivity contribution >= 4 is 16.6 Å². The molecule has 2 heterocycles. The van der Waals surface area contributed by atoms with Gasteiger partial charge in [-0.15, -0.1) is 0 Å². The molecule has 1 aliphatic heterocycles. The van der Waals surface area contributed by atoms with Crippen molar-refractivity contribution in [1.82, 2.24) is 19.8 Å². The Kier molecular flexibility index (Phi) is 5.59. The van der Waals surface area contributed by atoms with E-state index in [9.17, 15) is 4.79 Å². The Balaban J connectivity index is 1.83. The maximum absolute atomic E-state index is 13.5. The third kappa shape index (κ3) is 3.88. The number of hydrogen-bond donors (Lipinski definition) is 1. The highest BCUT2D eigenvalue weighted by Gasteiger charge is 2.22. The minimum absolute atomic E-state index is 0.0258. The van der Waals surface area contributed by atoms with Crippen molar-refractivity contribution in [3.8, 4) is 0 Å². The first-order valence-corrected chi connectivity index (χ1v) is 10.1. The van der Waals surface area contributed by atoms with Gasteiger partial charge in [0.05, 0.1) is 29.2 Å². The first kappa shape index (κ1) is 18.9. The van der Waals surface area contributed by atoms with E-state index < -0.39 is 0 Å². The lowest BCUT2D eigenvalue weighted by Crippen LogP contribution is -2.44. The summed E-state index contributed by atoms with van der Waals surface area (Å²) in [6, 6.07) is 7.59. The number of nitrogens with one attached hydrogen (secondary N) is 1. The highest BCUT2D eigenvalue weighted by atomic mass is 16.5. The average molecular weight is 380 g/mol. The summed E-state index contributed by atoms with van der Waals surface area (Å²) >= 11 is 0. The van der Waals surface area contributed by atoms with Gasteiger partial charge in [-0.05, 0) is 44.9 Å². The topological polar surface area (TPSA) is 59.4 Å². The van der Waals surface area contributed by atoms with Gasteiger partial charge in [0.1, 0.15) is 11.6 Å². The molecule has 2 aromatic rings. The van der Waals surface area contributed by atoms with E-state index >= 15 is 0 Å². The molecule has 6 heteroatoms. The fraction of sp³-hybridized carbons (Fsp3) is 0.455. The van der Waals surface area contributed by atoms with Gasteiger partial charge in [0.15, 0.2) is 0 Å². The Morgan fingerprint density at radius 2 is 1.89 bits per heavy atom. The normalized spacial score (nSPS) is 18.2. The molecule has 28 heavy (non-hydrogen) atoms. The number of para-hydroxylation sites is 1. The second kappa shape index (κ2) is 8.29. The van der Waals surface area contributed by atoms with E-state index in [4.69, 9.17) is 9.72 Å². The summed E-state index contributed by atoms with van der Waals surface area (Å²) in [5.41, 5.74) is 1.55. The van der Waals surface area contributed by atoms with Crippen molar-refractivity contribution in [3.05, 3.63) is 58.4 Å². The molecule has 0 atom stereocenters. The molecule has 0 amide bonds. The zero-order valence-corrected chi connectivity index (χ0v) is 16.6. The van der Waals surface area contributed by atoms with Crippen molar-refractivity contribution < 1.29 is 4.74 Å². The number of aromatic nitrogens is 2. The Morgan fingerprint density at radius 3 is 2.68 bits per heavy atom. The van der Waals surface area contributed by atoms with Crippen molar-refractivity contribution in [1.29, 1.82) is 0 Å². The van der Waals surface area contributed by atoms with Gasteiger partial charge in [0.2, 0.25) is 0 Å². The fourth-order valence-electron chi connectivity index (χ4n) is 3.81. The Labute approximate surface area is 165 Å². The molecule has 1 aromatic carbocycles. The summed E-state index contributed by atoms with van der Waals surface area (Å²) in [6.45, 7) is 8.49. The third-order valence-electron chi connectivity index (χ3n) is 5.11. The van der Waals surface area contributed by atoms with Gasteiger partial charge >= 0.3 is 0 Å². The zero-order valence-electron chi connectivity index (χ0n) is 16.6. The second-order valence-electron chi connectivity index (χ2n) is 7.61. The van der Waals surface area contributed by atoms with Crippen LogP contribution in [0.1, 0.15) is 32.5 Å². The molecule has 1 N–H and O–H groups in total. The molecule has 148 valence electrons. The third-order valence-corrected chi connectivity index (χ3v) is 5.11. The number of ether oxygens (including phenoxy) is 1. The van der Waals surface area contributed by atoms with Crippen LogP contribution in [-0.2, 0) is 11.3 Å². The maximum atomic E-state index is 13.5. The van der Waals surface area contributed by atoms with Gasteiger partial charge in [-0.2, -0.15) is 0 Å².